The van der Waals surface area contributed by atoms with Crippen LogP contribution in [0.2, 0.25) is 0 Å². The molecule has 0 spiro atoms. The molecule has 2 heteroatoms. The van der Waals surface area contributed by atoms with Crippen LogP contribution >= 0.6 is 11.3 Å². The van der Waals surface area contributed by atoms with E-state index in [0.29, 0.717) is 0 Å². The first-order chi connectivity index (χ1) is 2.89. The molecule has 1 rings (SSSR count). The molecule has 0 aliphatic rings. The van der Waals surface area contributed by atoms with E-state index in [-0.39, 0.29) is 0 Å². The Morgan fingerprint density at radius 3 is 2.67 bits per heavy atom. The molecule has 1 heterocycles. The van der Waals surface area contributed by atoms with Crippen molar-refractivity contribution in [3.05, 3.63) is 17.5 Å². The maximum atomic E-state index is 2.13. The third-order valence-corrected chi connectivity index (χ3v) is 2.50. The number of rotatable bonds is 0. The van der Waals surface area contributed by atoms with E-state index >= 15 is 0 Å². The van der Waals surface area contributed by atoms with Crippen LogP contribution in [0.5, 0.6) is 0 Å². The quantitative estimate of drug-likeness (QED) is 0.477. The third-order valence-electron chi connectivity index (χ3n) is 0.543. The summed E-state index contributed by atoms with van der Waals surface area (Å²) >= 11 is 3.51. The average molecular weight is 153 g/mol. The Labute approximate surface area is 51.1 Å². The van der Waals surface area contributed by atoms with Crippen LogP contribution in [0.25, 0.3) is 0 Å². The van der Waals surface area contributed by atoms with Crippen LogP contribution in [-0.2, 0) is 0 Å². The number of hydrogen-bond acceptors (Lipinski definition) is 1. The van der Waals surface area contributed by atoms with Gasteiger partial charge in [-0.05, 0) is 0 Å². The molecule has 0 fully saturated rings. The van der Waals surface area contributed by atoms with Gasteiger partial charge in [0.25, 0.3) is 0 Å². The van der Waals surface area contributed by atoms with Crippen molar-refractivity contribution in [3.8, 4) is 0 Å². The van der Waals surface area contributed by atoms with Gasteiger partial charge >= 0.3 is 50.9 Å². The zero-order valence-electron chi connectivity index (χ0n) is 3.22. The molecule has 28 valence electrons. The van der Waals surface area contributed by atoms with Crippen molar-refractivity contribution in [1.82, 2.24) is 0 Å². The molecule has 0 saturated heterocycles. The molecule has 0 nitrogen and oxygen atoms in total. The second-order valence-corrected chi connectivity index (χ2v) is 4.18. The zero-order valence-corrected chi connectivity index (χ0v) is 6.46. The molecule has 0 aliphatic carbocycles. The molecule has 0 N–H and O–H groups in total. The Morgan fingerprint density at radius 2 is 2.50 bits per heavy atom. The second-order valence-electron chi connectivity index (χ2n) is 1.02. The number of hydrogen-bond donors (Lipinski definition) is 0. The van der Waals surface area contributed by atoms with Crippen LogP contribution in [-0.4, -0.2) is 18.6 Å². The zero-order chi connectivity index (χ0) is 4.41. The molecule has 0 unspecified atom stereocenters. The van der Waals surface area contributed by atoms with Crippen molar-refractivity contribution in [3.63, 3.8) is 0 Å². The topological polar surface area (TPSA) is 0 Å². The summed E-state index contributed by atoms with van der Waals surface area (Å²) in [6.45, 7) is 0. The third kappa shape index (κ3) is 0.897. The van der Waals surface area contributed by atoms with Gasteiger partial charge in [-0.25, -0.2) is 0 Å². The van der Waals surface area contributed by atoms with Crippen molar-refractivity contribution in [1.29, 1.82) is 0 Å². The Bertz CT molecular complexity index is 111. The SMILES string of the molecule is [Ga][c]1cccs1. The van der Waals surface area contributed by atoms with Gasteiger partial charge in [-0.1, -0.05) is 0 Å². The Hall–Kier alpha value is 0.336. The Morgan fingerprint density at radius 1 is 1.67 bits per heavy atom. The van der Waals surface area contributed by atoms with E-state index in [1.807, 2.05) is 0 Å². The fourth-order valence-electron chi connectivity index (χ4n) is 0.291. The summed E-state index contributed by atoms with van der Waals surface area (Å²) in [4.78, 5) is 0. The first kappa shape index (κ1) is 4.49. The first-order valence-corrected chi connectivity index (χ1v) is 3.77. The predicted octanol–water partition coefficient (Wildman–Crippen LogP) is 0.542. The second kappa shape index (κ2) is 1.86. The van der Waals surface area contributed by atoms with E-state index < -0.39 is 0 Å². The van der Waals surface area contributed by atoms with E-state index in [1.165, 1.54) is 3.43 Å². The van der Waals surface area contributed by atoms with Gasteiger partial charge in [0.2, 0.25) is 0 Å². The number of thiophene rings is 1. The summed E-state index contributed by atoms with van der Waals surface area (Å²) in [6.07, 6.45) is 0. The summed E-state index contributed by atoms with van der Waals surface area (Å²) in [5.41, 5.74) is 0. The van der Waals surface area contributed by atoms with Gasteiger partial charge in [0.05, 0.1) is 0 Å². The van der Waals surface area contributed by atoms with Crippen LogP contribution in [0.4, 0.5) is 0 Å². The maximum absolute atomic E-state index is 2.13. The van der Waals surface area contributed by atoms with Gasteiger partial charge in [-0.2, -0.15) is 0 Å². The van der Waals surface area contributed by atoms with Crippen LogP contribution in [0, 0.1) is 0 Å². The van der Waals surface area contributed by atoms with Crippen LogP contribution < -0.4 is 3.43 Å². The van der Waals surface area contributed by atoms with E-state index in [1.54, 1.807) is 29.9 Å². The minimum atomic E-state index is 1.45. The normalized spacial score (nSPS) is 8.67. The monoisotopic (exact) mass is 152 g/mol. The van der Waals surface area contributed by atoms with Crippen molar-refractivity contribution in [2.45, 2.75) is 0 Å². The van der Waals surface area contributed by atoms with Gasteiger partial charge < -0.3 is 0 Å². The van der Waals surface area contributed by atoms with E-state index in [0.717, 1.165) is 0 Å². The molecular weight excluding hydrogens is 150 g/mol. The summed E-state index contributed by atoms with van der Waals surface area (Å²) in [5, 5.41) is 2.09. The molecule has 1 aromatic rings. The average Bonchev–Trinajstić information content (AvgIpc) is 1.86. The standard InChI is InChI=1S/C4H3S.Ga/c1-2-4-5-3-1;/h1-3H;. The van der Waals surface area contributed by atoms with Crippen molar-refractivity contribution < 1.29 is 0 Å². The molecular formula is C4H3GaS. The van der Waals surface area contributed by atoms with Crippen LogP contribution in [0.15, 0.2) is 17.5 Å². The van der Waals surface area contributed by atoms with Gasteiger partial charge in [0, 0.05) is 0 Å². The van der Waals surface area contributed by atoms with Gasteiger partial charge in [-0.3, -0.25) is 0 Å². The Kier molecular flexibility index (Phi) is 1.40. The molecule has 0 atom stereocenters. The van der Waals surface area contributed by atoms with Gasteiger partial charge in [-0.15, -0.1) is 0 Å². The fraction of sp³-hybridized carbons (Fsp3) is 0. The van der Waals surface area contributed by atoms with Crippen LogP contribution in [0.1, 0.15) is 0 Å². The molecule has 0 bridgehead atoms. The molecule has 1 aromatic heterocycles. The van der Waals surface area contributed by atoms with Crippen molar-refractivity contribution in [2.24, 2.45) is 0 Å². The van der Waals surface area contributed by atoms with Gasteiger partial charge in [0.1, 0.15) is 0 Å². The summed E-state index contributed by atoms with van der Waals surface area (Å²) in [5.74, 6) is 0. The molecule has 0 amide bonds. The van der Waals surface area contributed by atoms with E-state index in [2.05, 4.69) is 17.5 Å². The molecule has 2 radical (unpaired) electrons. The first-order valence-electron chi connectivity index (χ1n) is 1.68. The van der Waals surface area contributed by atoms with E-state index in [4.69, 9.17) is 0 Å². The fourth-order valence-corrected chi connectivity index (χ4v) is 1.49. The molecule has 0 saturated carbocycles. The van der Waals surface area contributed by atoms with Gasteiger partial charge in [0.15, 0.2) is 0 Å². The van der Waals surface area contributed by atoms with Crippen molar-refractivity contribution in [2.75, 3.05) is 0 Å². The predicted molar refractivity (Wildman–Crippen MR) is 29.7 cm³/mol. The molecule has 0 aromatic carbocycles. The Balaban J connectivity index is 3.05. The van der Waals surface area contributed by atoms with Crippen molar-refractivity contribution >= 4 is 33.4 Å². The minimum absolute atomic E-state index is 1.45. The molecule has 6 heavy (non-hydrogen) atoms. The summed E-state index contributed by atoms with van der Waals surface area (Å²) in [6, 6.07) is 4.20. The molecule has 0 aliphatic heterocycles. The van der Waals surface area contributed by atoms with E-state index in [9.17, 15) is 0 Å². The van der Waals surface area contributed by atoms with Crippen LogP contribution in [0.3, 0.4) is 0 Å². The summed E-state index contributed by atoms with van der Waals surface area (Å²) in [7, 11) is 0. The summed E-state index contributed by atoms with van der Waals surface area (Å²) < 4.78 is 1.45.